The number of fused-ring (bicyclic) bond motifs is 11. The van der Waals surface area contributed by atoms with Gasteiger partial charge in [-0.3, -0.25) is 0 Å². The first kappa shape index (κ1) is 55.9. The molecule has 1 aliphatic carbocycles. The van der Waals surface area contributed by atoms with Crippen LogP contribution in [0.1, 0.15) is 69.4 Å². The van der Waals surface area contributed by atoms with Crippen molar-refractivity contribution >= 4 is 95.7 Å². The summed E-state index contributed by atoms with van der Waals surface area (Å²) in [6.07, 6.45) is 0. The maximum atomic E-state index is 15.7. The third-order valence-corrected chi connectivity index (χ3v) is 19.7. The number of hydrogen-bond acceptors (Lipinski definition) is 6. The van der Waals surface area contributed by atoms with Gasteiger partial charge in [0.25, 0.3) is 0 Å². The van der Waals surface area contributed by atoms with E-state index in [1.54, 1.807) is 11.8 Å². The zero-order valence-corrected chi connectivity index (χ0v) is 52.6. The molecule has 14 aromatic rings. The first-order chi connectivity index (χ1) is 44.3. The van der Waals surface area contributed by atoms with Gasteiger partial charge in [0.15, 0.2) is 0 Å². The van der Waals surface area contributed by atoms with E-state index in [0.717, 1.165) is 138 Å². The van der Waals surface area contributed by atoms with Crippen LogP contribution in [0.3, 0.4) is 0 Å². The van der Waals surface area contributed by atoms with Crippen molar-refractivity contribution in [2.45, 2.75) is 67.8 Å². The molecule has 6 heteroatoms. The highest BCUT2D eigenvalue weighted by molar-refractivity contribution is 7.99. The van der Waals surface area contributed by atoms with Crippen molar-refractivity contribution in [3.05, 3.63) is 319 Å². The number of aliphatic hydroxyl groups is 1. The third-order valence-electron chi connectivity index (χ3n) is 18.6. The Balaban J connectivity index is 1.03. The fourth-order valence-electron chi connectivity index (χ4n) is 14.0. The minimum Gasteiger partial charge on any atom is -0.455 e. The molecule has 2 heterocycles. The Bertz CT molecular complexity index is 5060. The second-order valence-corrected chi connectivity index (χ2v) is 27.3. The van der Waals surface area contributed by atoms with Crippen molar-refractivity contribution < 1.29 is 9.52 Å². The lowest BCUT2D eigenvalue weighted by Gasteiger charge is -2.38. The standard InChI is InChI=1S/C85H67N3O2S/c1-83(2,3)59-41-49-63(50-42-59)86(61-45-37-57(38-46-61)55-23-9-7-10-24-55)74-53-69-79(66-28-14-13-27-65(66)74)81-70(85(69,89)68-30-16-17-31-71(68)88-72-32-18-21-35-77(72)91-78-36-22-19-33-73(78)88)54-75(80-67-29-15-20-34-76(67)90-82(80)81)87(64-51-43-60(44-52-64)84(4,5)6)62-47-39-58(40-48-62)56-25-11-8-12-26-56/h7-54,89H,1-6H3/t85-/m1/s1. The molecule has 5 nitrogen and oxygen atoms in total. The summed E-state index contributed by atoms with van der Waals surface area (Å²) in [6.45, 7) is 13.6. The minimum absolute atomic E-state index is 0.0669. The summed E-state index contributed by atoms with van der Waals surface area (Å²) < 4.78 is 7.51. The maximum Gasteiger partial charge on any atom is 0.145 e. The first-order valence-electron chi connectivity index (χ1n) is 31.5. The van der Waals surface area contributed by atoms with E-state index in [4.69, 9.17) is 4.42 Å². The fraction of sp³-hybridized carbons (Fsp3) is 0.106. The van der Waals surface area contributed by atoms with Gasteiger partial charge in [0.2, 0.25) is 0 Å². The summed E-state index contributed by atoms with van der Waals surface area (Å²) in [5, 5.41) is 19.7. The summed E-state index contributed by atoms with van der Waals surface area (Å²) >= 11 is 1.78. The molecule has 16 rings (SSSR count). The van der Waals surface area contributed by atoms with E-state index in [2.05, 4.69) is 347 Å². The van der Waals surface area contributed by atoms with Gasteiger partial charge in [0, 0.05) is 71.1 Å². The van der Waals surface area contributed by atoms with Crippen LogP contribution in [0.15, 0.2) is 305 Å². The smallest absolute Gasteiger partial charge is 0.145 e. The lowest BCUT2D eigenvalue weighted by molar-refractivity contribution is 0.131. The van der Waals surface area contributed by atoms with E-state index in [-0.39, 0.29) is 10.8 Å². The normalized spacial score (nSPS) is 14.3. The van der Waals surface area contributed by atoms with Gasteiger partial charge in [-0.2, -0.15) is 0 Å². The fourth-order valence-corrected chi connectivity index (χ4v) is 15.1. The van der Waals surface area contributed by atoms with Crippen LogP contribution in [0.2, 0.25) is 0 Å². The van der Waals surface area contributed by atoms with Crippen molar-refractivity contribution in [2.75, 3.05) is 14.7 Å². The van der Waals surface area contributed by atoms with Crippen molar-refractivity contribution in [3.8, 4) is 33.4 Å². The Morgan fingerprint density at radius 3 is 1.29 bits per heavy atom. The van der Waals surface area contributed by atoms with Gasteiger partial charge >= 0.3 is 0 Å². The van der Waals surface area contributed by atoms with Crippen LogP contribution in [0, 0.1) is 0 Å². The van der Waals surface area contributed by atoms with Gasteiger partial charge in [-0.1, -0.05) is 247 Å². The zero-order valence-electron chi connectivity index (χ0n) is 51.8. The van der Waals surface area contributed by atoms with E-state index >= 15 is 5.11 Å². The first-order valence-corrected chi connectivity index (χ1v) is 32.3. The molecule has 1 aromatic heterocycles. The molecule has 2 aliphatic rings. The lowest BCUT2D eigenvalue weighted by Crippen LogP contribution is -2.30. The molecule has 1 aliphatic heterocycles. The van der Waals surface area contributed by atoms with E-state index in [9.17, 15) is 0 Å². The van der Waals surface area contributed by atoms with Crippen LogP contribution in [0.25, 0.3) is 66.1 Å². The molecule has 1 N–H and O–H groups in total. The van der Waals surface area contributed by atoms with Crippen LogP contribution in [0.5, 0.6) is 0 Å². The summed E-state index contributed by atoms with van der Waals surface area (Å²) in [5.74, 6) is 0. The third kappa shape index (κ3) is 9.34. The Labute approximate surface area is 536 Å². The molecule has 440 valence electrons. The highest BCUT2D eigenvalue weighted by Crippen LogP contribution is 2.63. The van der Waals surface area contributed by atoms with E-state index in [1.165, 1.54) is 11.1 Å². The average molecular weight is 1190 g/mol. The van der Waals surface area contributed by atoms with Gasteiger partial charge in [-0.15, -0.1) is 0 Å². The molecular formula is C85H67N3O2S. The second kappa shape index (κ2) is 21.7. The summed E-state index contributed by atoms with van der Waals surface area (Å²) in [4.78, 5) is 9.39. The minimum atomic E-state index is -1.84. The van der Waals surface area contributed by atoms with Crippen molar-refractivity contribution in [3.63, 3.8) is 0 Å². The van der Waals surface area contributed by atoms with Gasteiger partial charge < -0.3 is 24.2 Å². The Morgan fingerprint density at radius 2 is 0.758 bits per heavy atom. The largest absolute Gasteiger partial charge is 0.455 e. The van der Waals surface area contributed by atoms with Crippen LogP contribution in [-0.2, 0) is 16.4 Å². The zero-order chi connectivity index (χ0) is 61.8. The van der Waals surface area contributed by atoms with E-state index < -0.39 is 5.60 Å². The van der Waals surface area contributed by atoms with Crippen LogP contribution in [-0.4, -0.2) is 5.11 Å². The van der Waals surface area contributed by atoms with Crippen molar-refractivity contribution in [1.82, 2.24) is 0 Å². The Kier molecular flexibility index (Phi) is 13.3. The predicted octanol–water partition coefficient (Wildman–Crippen LogP) is 23.8. The van der Waals surface area contributed by atoms with Crippen LogP contribution in [0.4, 0.5) is 51.2 Å². The molecule has 13 aromatic carbocycles. The molecule has 0 fully saturated rings. The quantitative estimate of drug-likeness (QED) is 0.147. The van der Waals surface area contributed by atoms with Crippen LogP contribution >= 0.6 is 11.8 Å². The molecule has 1 atom stereocenters. The molecule has 0 saturated heterocycles. The SMILES string of the molecule is CC(C)(C)c1ccc(N(c2ccc(-c3ccccc3)cc2)c2cc3c(c4ccccc24)-c2c(cc(N(c4ccc(-c5ccccc5)cc4)c4ccc(C(C)(C)C)cc4)c4c2oc2ccccc24)[C@@]3(O)c2ccccc2N2c3ccccc3Sc3ccccc32)cc1. The molecule has 0 bridgehead atoms. The van der Waals surface area contributed by atoms with Gasteiger partial charge in [0.1, 0.15) is 16.8 Å². The highest BCUT2D eigenvalue weighted by Gasteiger charge is 2.50. The van der Waals surface area contributed by atoms with Gasteiger partial charge in [-0.25, -0.2) is 0 Å². The lowest BCUT2D eigenvalue weighted by atomic mass is 9.81. The Hall–Kier alpha value is -10.4. The topological polar surface area (TPSA) is 43.1 Å². The number of nitrogens with zero attached hydrogens (tertiary/aromatic N) is 3. The number of benzene rings is 13. The molecule has 91 heavy (non-hydrogen) atoms. The molecular weight excluding hydrogens is 1130 g/mol. The van der Waals surface area contributed by atoms with Crippen molar-refractivity contribution in [1.29, 1.82) is 0 Å². The molecule has 0 spiro atoms. The number of rotatable bonds is 10. The predicted molar refractivity (Wildman–Crippen MR) is 382 cm³/mol. The van der Waals surface area contributed by atoms with Crippen LogP contribution < -0.4 is 14.7 Å². The summed E-state index contributed by atoms with van der Waals surface area (Å²) in [7, 11) is 0. The molecule has 0 amide bonds. The molecule has 0 radical (unpaired) electrons. The summed E-state index contributed by atoms with van der Waals surface area (Å²) in [5.41, 5.74) is 19.2. The van der Waals surface area contributed by atoms with E-state index in [0.29, 0.717) is 5.58 Å². The monoisotopic (exact) mass is 1190 g/mol. The number of furan rings is 1. The second-order valence-electron chi connectivity index (χ2n) is 26.2. The van der Waals surface area contributed by atoms with Gasteiger partial charge in [-0.05, 0) is 147 Å². The van der Waals surface area contributed by atoms with Crippen molar-refractivity contribution in [2.24, 2.45) is 0 Å². The van der Waals surface area contributed by atoms with E-state index in [1.807, 2.05) is 0 Å². The number of hydrogen-bond donors (Lipinski definition) is 1. The molecule has 0 saturated carbocycles. The molecule has 0 unspecified atom stereocenters. The number of para-hydroxylation sites is 4. The number of anilines is 9. The highest BCUT2D eigenvalue weighted by atomic mass is 32.2. The average Bonchev–Trinajstić information content (AvgIpc) is 1.53. The summed E-state index contributed by atoms with van der Waals surface area (Å²) in [6, 6.07) is 105. The Morgan fingerprint density at radius 1 is 0.363 bits per heavy atom. The maximum absolute atomic E-state index is 15.7. The van der Waals surface area contributed by atoms with Gasteiger partial charge in [0.05, 0.1) is 33.8 Å².